The molecule has 0 unspecified atom stereocenters. The van der Waals surface area contributed by atoms with Crippen LogP contribution in [0, 0.1) is 0 Å². The van der Waals surface area contributed by atoms with Gasteiger partial charge in [-0.15, -0.1) is 0 Å². The van der Waals surface area contributed by atoms with E-state index in [0.29, 0.717) is 13.2 Å². The van der Waals surface area contributed by atoms with Gasteiger partial charge < -0.3 is 14.6 Å². The molecule has 1 aromatic carbocycles. The first-order chi connectivity index (χ1) is 7.81. The molecule has 0 saturated heterocycles. The summed E-state index contributed by atoms with van der Waals surface area (Å²) in [6, 6.07) is 5.68. The van der Waals surface area contributed by atoms with Gasteiger partial charge in [0.15, 0.2) is 0 Å². The van der Waals surface area contributed by atoms with Gasteiger partial charge in [-0.1, -0.05) is 12.2 Å². The number of hydrogen-bond donors (Lipinski definition) is 1. The van der Waals surface area contributed by atoms with Crippen molar-refractivity contribution in [2.45, 2.75) is 13.8 Å². The van der Waals surface area contributed by atoms with Gasteiger partial charge in [0.1, 0.15) is 11.5 Å². The van der Waals surface area contributed by atoms with Crippen LogP contribution in [0.5, 0.6) is 11.5 Å². The lowest BCUT2D eigenvalue weighted by molar-refractivity contribution is 0.322. The van der Waals surface area contributed by atoms with Crippen LogP contribution in [0.3, 0.4) is 0 Å². The predicted octanol–water partition coefficient (Wildman–Crippen LogP) is 2.49. The fourth-order valence-corrected chi connectivity index (χ4v) is 1.37. The maximum absolute atomic E-state index is 8.73. The SMILES string of the molecule is CCOc1ccc(/C=C/CO)c(OCC)c1. The zero-order chi connectivity index (χ0) is 11.8. The van der Waals surface area contributed by atoms with Crippen molar-refractivity contribution < 1.29 is 14.6 Å². The Balaban J connectivity index is 2.93. The summed E-state index contributed by atoms with van der Waals surface area (Å²) in [4.78, 5) is 0. The van der Waals surface area contributed by atoms with E-state index in [1.54, 1.807) is 6.08 Å². The number of benzene rings is 1. The van der Waals surface area contributed by atoms with Crippen LogP contribution in [-0.4, -0.2) is 24.9 Å². The van der Waals surface area contributed by atoms with Gasteiger partial charge in [-0.05, 0) is 26.0 Å². The third-order valence-corrected chi connectivity index (χ3v) is 2.00. The second-order valence-electron chi connectivity index (χ2n) is 3.15. The normalized spacial score (nSPS) is 10.7. The Morgan fingerprint density at radius 1 is 1.19 bits per heavy atom. The summed E-state index contributed by atoms with van der Waals surface area (Å²) >= 11 is 0. The van der Waals surface area contributed by atoms with Crippen LogP contribution in [0.4, 0.5) is 0 Å². The van der Waals surface area contributed by atoms with Gasteiger partial charge in [0, 0.05) is 11.6 Å². The second kappa shape index (κ2) is 6.90. The molecule has 16 heavy (non-hydrogen) atoms. The van der Waals surface area contributed by atoms with E-state index in [1.165, 1.54) is 0 Å². The molecule has 0 heterocycles. The number of hydrogen-bond acceptors (Lipinski definition) is 3. The van der Waals surface area contributed by atoms with Gasteiger partial charge in [0.25, 0.3) is 0 Å². The van der Waals surface area contributed by atoms with E-state index in [9.17, 15) is 0 Å². The van der Waals surface area contributed by atoms with Crippen molar-refractivity contribution in [1.29, 1.82) is 0 Å². The minimum atomic E-state index is 0.0266. The van der Waals surface area contributed by atoms with Crippen LogP contribution in [0.1, 0.15) is 19.4 Å². The van der Waals surface area contributed by atoms with Crippen molar-refractivity contribution in [3.05, 3.63) is 29.8 Å². The average Bonchev–Trinajstić information content (AvgIpc) is 2.29. The van der Waals surface area contributed by atoms with Gasteiger partial charge in [-0.3, -0.25) is 0 Å². The first-order valence-corrected chi connectivity index (χ1v) is 5.48. The summed E-state index contributed by atoms with van der Waals surface area (Å²) in [7, 11) is 0. The highest BCUT2D eigenvalue weighted by molar-refractivity contribution is 5.59. The predicted molar refractivity (Wildman–Crippen MR) is 64.9 cm³/mol. The summed E-state index contributed by atoms with van der Waals surface area (Å²) in [6.07, 6.45) is 3.51. The number of ether oxygens (including phenoxy) is 2. The highest BCUT2D eigenvalue weighted by Gasteiger charge is 2.02. The molecule has 0 spiro atoms. The Morgan fingerprint density at radius 2 is 1.94 bits per heavy atom. The Labute approximate surface area is 96.3 Å². The van der Waals surface area contributed by atoms with Crippen LogP contribution in [-0.2, 0) is 0 Å². The maximum atomic E-state index is 8.73. The van der Waals surface area contributed by atoms with Crippen LogP contribution < -0.4 is 9.47 Å². The molecule has 0 aromatic heterocycles. The lowest BCUT2D eigenvalue weighted by Gasteiger charge is -2.10. The summed E-state index contributed by atoms with van der Waals surface area (Å²) < 4.78 is 10.9. The molecule has 0 radical (unpaired) electrons. The minimum Gasteiger partial charge on any atom is -0.494 e. The van der Waals surface area contributed by atoms with Crippen molar-refractivity contribution in [3.63, 3.8) is 0 Å². The van der Waals surface area contributed by atoms with Crippen molar-refractivity contribution in [3.8, 4) is 11.5 Å². The molecular weight excluding hydrogens is 204 g/mol. The van der Waals surface area contributed by atoms with Crippen molar-refractivity contribution in [1.82, 2.24) is 0 Å². The molecule has 0 fully saturated rings. The molecule has 1 aromatic rings. The highest BCUT2D eigenvalue weighted by atomic mass is 16.5. The Kier molecular flexibility index (Phi) is 5.43. The van der Waals surface area contributed by atoms with Crippen LogP contribution >= 0.6 is 0 Å². The Bertz CT molecular complexity index is 345. The van der Waals surface area contributed by atoms with Crippen molar-refractivity contribution in [2.24, 2.45) is 0 Å². The molecule has 0 saturated carbocycles. The van der Waals surface area contributed by atoms with Crippen LogP contribution in [0.25, 0.3) is 6.08 Å². The molecule has 0 aliphatic heterocycles. The van der Waals surface area contributed by atoms with E-state index >= 15 is 0 Å². The molecule has 0 bridgehead atoms. The van der Waals surface area contributed by atoms with E-state index in [2.05, 4.69) is 0 Å². The molecule has 0 amide bonds. The molecule has 0 aliphatic rings. The van der Waals surface area contributed by atoms with Gasteiger partial charge in [0.2, 0.25) is 0 Å². The van der Waals surface area contributed by atoms with E-state index in [1.807, 2.05) is 38.1 Å². The van der Waals surface area contributed by atoms with Gasteiger partial charge in [-0.2, -0.15) is 0 Å². The third-order valence-electron chi connectivity index (χ3n) is 2.00. The van der Waals surface area contributed by atoms with Crippen LogP contribution in [0.15, 0.2) is 24.3 Å². The fraction of sp³-hybridized carbons (Fsp3) is 0.385. The van der Waals surface area contributed by atoms with E-state index in [4.69, 9.17) is 14.6 Å². The van der Waals surface area contributed by atoms with Crippen LogP contribution in [0.2, 0.25) is 0 Å². The second-order valence-corrected chi connectivity index (χ2v) is 3.15. The van der Waals surface area contributed by atoms with Gasteiger partial charge in [0.05, 0.1) is 19.8 Å². The summed E-state index contributed by atoms with van der Waals surface area (Å²) in [5.74, 6) is 1.57. The number of aliphatic hydroxyl groups is 1. The zero-order valence-corrected chi connectivity index (χ0v) is 9.77. The molecule has 1 rings (SSSR count). The first kappa shape index (κ1) is 12.6. The zero-order valence-electron chi connectivity index (χ0n) is 9.77. The number of rotatable bonds is 6. The van der Waals surface area contributed by atoms with Crippen molar-refractivity contribution >= 4 is 6.08 Å². The summed E-state index contributed by atoms with van der Waals surface area (Å²) in [5.41, 5.74) is 0.944. The third kappa shape index (κ3) is 3.59. The molecule has 88 valence electrons. The summed E-state index contributed by atoms with van der Waals surface area (Å²) in [5, 5.41) is 8.73. The topological polar surface area (TPSA) is 38.7 Å². The van der Waals surface area contributed by atoms with Gasteiger partial charge in [-0.25, -0.2) is 0 Å². The Hall–Kier alpha value is -1.48. The van der Waals surface area contributed by atoms with Gasteiger partial charge >= 0.3 is 0 Å². The fourth-order valence-electron chi connectivity index (χ4n) is 1.37. The quantitative estimate of drug-likeness (QED) is 0.803. The molecular formula is C13H18O3. The lowest BCUT2D eigenvalue weighted by atomic mass is 10.2. The Morgan fingerprint density at radius 3 is 2.56 bits per heavy atom. The molecule has 0 atom stereocenters. The van der Waals surface area contributed by atoms with Crippen molar-refractivity contribution in [2.75, 3.05) is 19.8 Å². The maximum Gasteiger partial charge on any atom is 0.130 e. The molecule has 3 nitrogen and oxygen atoms in total. The first-order valence-electron chi connectivity index (χ1n) is 5.48. The number of aliphatic hydroxyl groups excluding tert-OH is 1. The monoisotopic (exact) mass is 222 g/mol. The highest BCUT2D eigenvalue weighted by Crippen LogP contribution is 2.26. The summed E-state index contributed by atoms with van der Waals surface area (Å²) in [6.45, 7) is 5.15. The largest absolute Gasteiger partial charge is 0.494 e. The molecule has 0 aliphatic carbocycles. The lowest BCUT2D eigenvalue weighted by Crippen LogP contribution is -1.96. The molecule has 1 N–H and O–H groups in total. The standard InChI is InChI=1S/C13H18O3/c1-3-15-12-8-7-11(6-5-9-14)13(10-12)16-4-2/h5-8,10,14H,3-4,9H2,1-2H3/b6-5+. The average molecular weight is 222 g/mol. The van der Waals surface area contributed by atoms with E-state index in [-0.39, 0.29) is 6.61 Å². The van der Waals surface area contributed by atoms with E-state index in [0.717, 1.165) is 17.1 Å². The molecule has 3 heteroatoms. The van der Waals surface area contributed by atoms with E-state index < -0.39 is 0 Å². The minimum absolute atomic E-state index is 0.0266. The smallest absolute Gasteiger partial charge is 0.130 e.